The summed E-state index contributed by atoms with van der Waals surface area (Å²) < 4.78 is 2.04. The van der Waals surface area contributed by atoms with Crippen LogP contribution >= 0.6 is 23.4 Å². The molecule has 0 fully saturated rings. The van der Waals surface area contributed by atoms with Crippen LogP contribution in [-0.2, 0) is 11.3 Å². The third-order valence-electron chi connectivity index (χ3n) is 4.04. The number of urea groups is 1. The fourth-order valence-electron chi connectivity index (χ4n) is 2.66. The Hall–Kier alpha value is -2.77. The van der Waals surface area contributed by atoms with Gasteiger partial charge >= 0.3 is 6.03 Å². The molecule has 144 valence electrons. The highest BCUT2D eigenvalue weighted by molar-refractivity contribution is 8.00. The van der Waals surface area contributed by atoms with Gasteiger partial charge in [-0.05, 0) is 30.2 Å². The van der Waals surface area contributed by atoms with Crippen LogP contribution in [0.3, 0.4) is 0 Å². The Kier molecular flexibility index (Phi) is 6.38. The molecule has 0 aliphatic heterocycles. The van der Waals surface area contributed by atoms with Crippen LogP contribution in [0.1, 0.15) is 12.5 Å². The van der Waals surface area contributed by atoms with Crippen LogP contribution in [0.5, 0.6) is 0 Å². The first-order valence-electron chi connectivity index (χ1n) is 8.56. The molecule has 1 heterocycles. The van der Waals surface area contributed by atoms with Crippen molar-refractivity contribution in [1.29, 1.82) is 0 Å². The number of imide groups is 1. The number of nitrogens with zero attached hydrogens (tertiary/aromatic N) is 2. The number of amides is 3. The van der Waals surface area contributed by atoms with Crippen LogP contribution in [-0.4, -0.2) is 26.7 Å². The molecule has 3 N–H and O–H groups in total. The standard InChI is InChI=1S/C20H19ClN4O2S/c1-13(18(26)24-19(22)27)28-20-23-11-17(15-7-9-16(21)10-8-15)25(20)12-14-5-3-2-4-6-14/h2-11,13H,12H2,1H3,(H3,22,24,26,27). The van der Waals surface area contributed by atoms with Crippen LogP contribution in [0, 0.1) is 0 Å². The fraction of sp³-hybridized carbons (Fsp3) is 0.150. The van der Waals surface area contributed by atoms with Crippen molar-refractivity contribution in [2.75, 3.05) is 0 Å². The molecule has 3 aromatic rings. The lowest BCUT2D eigenvalue weighted by Crippen LogP contribution is -2.39. The number of carbonyl (C=O) groups is 2. The predicted molar refractivity (Wildman–Crippen MR) is 111 cm³/mol. The lowest BCUT2D eigenvalue weighted by molar-refractivity contribution is -0.119. The van der Waals surface area contributed by atoms with Crippen molar-refractivity contribution >= 4 is 35.3 Å². The molecule has 8 heteroatoms. The summed E-state index contributed by atoms with van der Waals surface area (Å²) in [5, 5.41) is 2.89. The van der Waals surface area contributed by atoms with E-state index in [0.717, 1.165) is 16.8 Å². The van der Waals surface area contributed by atoms with E-state index in [-0.39, 0.29) is 0 Å². The van der Waals surface area contributed by atoms with Crippen molar-refractivity contribution in [2.24, 2.45) is 5.73 Å². The van der Waals surface area contributed by atoms with Gasteiger partial charge in [-0.3, -0.25) is 10.1 Å². The molecule has 0 aliphatic carbocycles. The van der Waals surface area contributed by atoms with Crippen LogP contribution in [0.4, 0.5) is 4.79 Å². The lowest BCUT2D eigenvalue weighted by atomic mass is 10.1. The van der Waals surface area contributed by atoms with Gasteiger partial charge in [0.15, 0.2) is 5.16 Å². The quantitative estimate of drug-likeness (QED) is 0.598. The van der Waals surface area contributed by atoms with Crippen LogP contribution in [0.2, 0.25) is 5.02 Å². The van der Waals surface area contributed by atoms with Gasteiger partial charge in [-0.2, -0.15) is 0 Å². The van der Waals surface area contributed by atoms with Gasteiger partial charge in [0, 0.05) is 5.02 Å². The van der Waals surface area contributed by atoms with Crippen LogP contribution in [0.15, 0.2) is 66.0 Å². The number of carbonyl (C=O) groups excluding carboxylic acids is 2. The number of primary amides is 1. The Morgan fingerprint density at radius 3 is 2.50 bits per heavy atom. The Bertz CT molecular complexity index is 974. The largest absolute Gasteiger partial charge is 0.351 e. The monoisotopic (exact) mass is 414 g/mol. The molecule has 6 nitrogen and oxygen atoms in total. The highest BCUT2D eigenvalue weighted by atomic mass is 35.5. The van der Waals surface area contributed by atoms with Crippen molar-refractivity contribution < 1.29 is 9.59 Å². The summed E-state index contributed by atoms with van der Waals surface area (Å²) in [4.78, 5) is 27.5. The summed E-state index contributed by atoms with van der Waals surface area (Å²) in [5.41, 5.74) is 8.02. The normalized spacial score (nSPS) is 11.8. The second-order valence-electron chi connectivity index (χ2n) is 6.12. The zero-order valence-corrected chi connectivity index (χ0v) is 16.7. The van der Waals surface area contributed by atoms with E-state index in [1.54, 1.807) is 13.1 Å². The minimum Gasteiger partial charge on any atom is -0.351 e. The highest BCUT2D eigenvalue weighted by Gasteiger charge is 2.20. The first-order chi connectivity index (χ1) is 13.4. The van der Waals surface area contributed by atoms with Crippen LogP contribution in [0.25, 0.3) is 11.3 Å². The molecule has 1 aromatic heterocycles. The third kappa shape index (κ3) is 4.94. The molecule has 3 amide bonds. The summed E-state index contributed by atoms with van der Waals surface area (Å²) in [6.07, 6.45) is 1.77. The van der Waals surface area contributed by atoms with Gasteiger partial charge in [-0.15, -0.1) is 0 Å². The van der Waals surface area contributed by atoms with Gasteiger partial charge in [0.25, 0.3) is 0 Å². The van der Waals surface area contributed by atoms with Crippen molar-refractivity contribution in [1.82, 2.24) is 14.9 Å². The number of hydrogen-bond donors (Lipinski definition) is 2. The second kappa shape index (κ2) is 8.95. The van der Waals surface area contributed by atoms with E-state index in [1.165, 1.54) is 11.8 Å². The van der Waals surface area contributed by atoms with E-state index in [2.05, 4.69) is 10.3 Å². The number of benzene rings is 2. The van der Waals surface area contributed by atoms with Gasteiger partial charge < -0.3 is 10.3 Å². The number of halogens is 1. The van der Waals surface area contributed by atoms with E-state index < -0.39 is 17.2 Å². The van der Waals surface area contributed by atoms with Gasteiger partial charge in [0.2, 0.25) is 5.91 Å². The van der Waals surface area contributed by atoms with E-state index in [1.807, 2.05) is 59.2 Å². The molecule has 0 spiro atoms. The van der Waals surface area contributed by atoms with Crippen molar-refractivity contribution in [2.45, 2.75) is 23.9 Å². The predicted octanol–water partition coefficient (Wildman–Crippen LogP) is 3.93. The molecule has 0 saturated heterocycles. The van der Waals surface area contributed by atoms with E-state index in [9.17, 15) is 9.59 Å². The number of thioether (sulfide) groups is 1. The van der Waals surface area contributed by atoms with Gasteiger partial charge in [0.05, 0.1) is 23.7 Å². The van der Waals surface area contributed by atoms with Crippen molar-refractivity contribution in [3.63, 3.8) is 0 Å². The van der Waals surface area contributed by atoms with Gasteiger partial charge in [0.1, 0.15) is 0 Å². The Balaban J connectivity index is 1.94. The topological polar surface area (TPSA) is 90.0 Å². The summed E-state index contributed by atoms with van der Waals surface area (Å²) >= 11 is 7.27. The maximum atomic E-state index is 12.1. The Morgan fingerprint density at radius 2 is 1.86 bits per heavy atom. The average Bonchev–Trinajstić information content (AvgIpc) is 3.05. The SMILES string of the molecule is CC(Sc1ncc(-c2ccc(Cl)cc2)n1Cc1ccccc1)C(=O)NC(N)=O. The molecule has 1 atom stereocenters. The summed E-state index contributed by atoms with van der Waals surface area (Å²) in [6, 6.07) is 16.6. The molecular weight excluding hydrogens is 396 g/mol. The first kappa shape index (κ1) is 20.0. The molecule has 0 radical (unpaired) electrons. The molecule has 1 unspecified atom stereocenters. The maximum Gasteiger partial charge on any atom is 0.318 e. The number of aromatic nitrogens is 2. The molecule has 0 aliphatic rings. The molecule has 0 bridgehead atoms. The zero-order valence-electron chi connectivity index (χ0n) is 15.1. The van der Waals surface area contributed by atoms with Gasteiger partial charge in [-0.25, -0.2) is 9.78 Å². The smallest absolute Gasteiger partial charge is 0.318 e. The minimum atomic E-state index is -0.869. The summed E-state index contributed by atoms with van der Waals surface area (Å²) in [5.74, 6) is -0.459. The van der Waals surface area contributed by atoms with E-state index in [0.29, 0.717) is 16.7 Å². The highest BCUT2D eigenvalue weighted by Crippen LogP contribution is 2.30. The number of nitrogens with one attached hydrogen (secondary N) is 1. The Labute approximate surface area is 172 Å². The fourth-order valence-corrected chi connectivity index (χ4v) is 3.67. The second-order valence-corrected chi connectivity index (χ2v) is 7.86. The third-order valence-corrected chi connectivity index (χ3v) is 5.40. The Morgan fingerprint density at radius 1 is 1.18 bits per heavy atom. The molecule has 2 aromatic carbocycles. The molecule has 3 rings (SSSR count). The number of rotatable bonds is 6. The van der Waals surface area contributed by atoms with E-state index in [4.69, 9.17) is 17.3 Å². The first-order valence-corrected chi connectivity index (χ1v) is 9.82. The average molecular weight is 415 g/mol. The van der Waals surface area contributed by atoms with E-state index >= 15 is 0 Å². The lowest BCUT2D eigenvalue weighted by Gasteiger charge is -2.14. The number of hydrogen-bond acceptors (Lipinski definition) is 4. The molecular formula is C20H19ClN4O2S. The van der Waals surface area contributed by atoms with Gasteiger partial charge in [-0.1, -0.05) is 65.8 Å². The molecule has 0 saturated carbocycles. The number of imidazole rings is 1. The molecule has 28 heavy (non-hydrogen) atoms. The summed E-state index contributed by atoms with van der Waals surface area (Å²) in [6.45, 7) is 2.29. The van der Waals surface area contributed by atoms with Crippen molar-refractivity contribution in [3.8, 4) is 11.3 Å². The number of nitrogens with two attached hydrogens (primary N) is 1. The maximum absolute atomic E-state index is 12.1. The van der Waals surface area contributed by atoms with Crippen molar-refractivity contribution in [3.05, 3.63) is 71.4 Å². The zero-order chi connectivity index (χ0) is 20.1. The van der Waals surface area contributed by atoms with Crippen LogP contribution < -0.4 is 11.1 Å². The summed E-state index contributed by atoms with van der Waals surface area (Å²) in [7, 11) is 0. The minimum absolute atomic E-state index is 0.459.